The molecule has 2 amide bonds. The lowest BCUT2D eigenvalue weighted by Gasteiger charge is -2.56. The van der Waals surface area contributed by atoms with Gasteiger partial charge in [0.15, 0.2) is 5.69 Å². The zero-order valence-electron chi connectivity index (χ0n) is 14.8. The molecule has 0 spiro atoms. The van der Waals surface area contributed by atoms with Crippen LogP contribution in [0.4, 0.5) is 18.0 Å². The quantitative estimate of drug-likeness (QED) is 0.596. The molecule has 0 saturated heterocycles. The molecule has 0 unspecified atom stereocenters. The van der Waals surface area contributed by atoms with Gasteiger partial charge in [-0.2, -0.15) is 23.4 Å². The summed E-state index contributed by atoms with van der Waals surface area (Å²) in [6.07, 6.45) is 2.90. The molecule has 148 valence electrons. The Morgan fingerprint density at radius 3 is 2.33 bits per heavy atom. The first-order chi connectivity index (χ1) is 12.7. The first-order valence-corrected chi connectivity index (χ1v) is 9.44. The number of aromatic nitrogens is 2. The maximum absolute atomic E-state index is 13.0. The van der Waals surface area contributed by atoms with Crippen LogP contribution in [-0.2, 0) is 13.2 Å². The maximum Gasteiger partial charge on any atom is 0.435 e. The fourth-order valence-electron chi connectivity index (χ4n) is 5.53. The van der Waals surface area contributed by atoms with E-state index in [4.69, 9.17) is 11.6 Å². The molecule has 0 aliphatic heterocycles. The summed E-state index contributed by atoms with van der Waals surface area (Å²) < 4.78 is 40.0. The van der Waals surface area contributed by atoms with Gasteiger partial charge in [-0.15, -0.1) is 0 Å². The van der Waals surface area contributed by atoms with Crippen molar-refractivity contribution in [3.63, 3.8) is 0 Å². The van der Waals surface area contributed by atoms with E-state index in [1.54, 1.807) is 0 Å². The summed E-state index contributed by atoms with van der Waals surface area (Å²) in [7, 11) is 1.31. The number of hydrogen-bond acceptors (Lipinski definition) is 3. The van der Waals surface area contributed by atoms with E-state index in [1.807, 2.05) is 0 Å². The van der Waals surface area contributed by atoms with Crippen molar-refractivity contribution in [1.29, 1.82) is 0 Å². The van der Waals surface area contributed by atoms with Gasteiger partial charge in [0.2, 0.25) is 0 Å². The number of halogens is 4. The number of nitrogens with one attached hydrogen (secondary N) is 2. The van der Waals surface area contributed by atoms with Crippen molar-refractivity contribution in [2.75, 3.05) is 0 Å². The van der Waals surface area contributed by atoms with E-state index in [-0.39, 0.29) is 16.3 Å². The number of amides is 2. The summed E-state index contributed by atoms with van der Waals surface area (Å²) in [4.78, 5) is 12.3. The first kappa shape index (κ1) is 18.6. The van der Waals surface area contributed by atoms with Gasteiger partial charge in [0, 0.05) is 12.6 Å². The normalized spacial score (nSPS) is 32.3. The molecule has 4 fully saturated rings. The van der Waals surface area contributed by atoms with Gasteiger partial charge >= 0.3 is 12.2 Å². The molecule has 0 radical (unpaired) electrons. The van der Waals surface area contributed by atoms with Gasteiger partial charge in [-0.05, 0) is 56.3 Å². The first-order valence-electron chi connectivity index (χ1n) is 9.06. The number of carbonyl (C=O) groups is 1. The molecule has 4 aliphatic rings. The Morgan fingerprint density at radius 1 is 1.26 bits per heavy atom. The molecule has 4 aliphatic carbocycles. The van der Waals surface area contributed by atoms with Crippen molar-refractivity contribution in [2.45, 2.75) is 50.2 Å². The van der Waals surface area contributed by atoms with Crippen molar-refractivity contribution < 1.29 is 18.0 Å². The van der Waals surface area contributed by atoms with Crippen molar-refractivity contribution in [2.24, 2.45) is 29.9 Å². The van der Waals surface area contributed by atoms with Crippen LogP contribution in [0.1, 0.15) is 49.8 Å². The Balaban J connectivity index is 1.42. The molecule has 2 N–H and O–H groups in total. The predicted molar refractivity (Wildman–Crippen MR) is 93.4 cm³/mol. The molecule has 0 aromatic carbocycles. The van der Waals surface area contributed by atoms with Crippen LogP contribution in [-0.4, -0.2) is 27.6 Å². The molecule has 0 atom stereocenters. The maximum atomic E-state index is 13.0. The molecule has 4 saturated carbocycles. The molecular weight excluding hydrogens is 383 g/mol. The molecule has 10 heteroatoms. The summed E-state index contributed by atoms with van der Waals surface area (Å²) in [5, 5.41) is 9.87. The second-order valence-electron chi connectivity index (χ2n) is 8.20. The molecule has 5 rings (SSSR count). The molecule has 1 aromatic heterocycles. The summed E-state index contributed by atoms with van der Waals surface area (Å²) >= 11 is 5.86. The minimum absolute atomic E-state index is 0.197. The van der Waals surface area contributed by atoms with E-state index >= 15 is 0 Å². The average molecular weight is 404 g/mol. The number of alkyl halides is 3. The molecule has 1 aromatic rings. The van der Waals surface area contributed by atoms with E-state index in [9.17, 15) is 18.0 Å². The Kier molecular flexibility index (Phi) is 4.40. The molecule has 1 heterocycles. The third-order valence-corrected chi connectivity index (χ3v) is 6.50. The van der Waals surface area contributed by atoms with Crippen molar-refractivity contribution >= 4 is 23.8 Å². The van der Waals surface area contributed by atoms with Crippen LogP contribution in [0, 0.1) is 17.8 Å². The van der Waals surface area contributed by atoms with Gasteiger partial charge in [-0.25, -0.2) is 10.2 Å². The zero-order valence-corrected chi connectivity index (χ0v) is 15.6. The molecule has 27 heavy (non-hydrogen) atoms. The lowest BCUT2D eigenvalue weighted by Crippen LogP contribution is -2.61. The minimum Gasteiger partial charge on any atom is -0.331 e. The van der Waals surface area contributed by atoms with Gasteiger partial charge in [-0.3, -0.25) is 4.68 Å². The fourth-order valence-corrected chi connectivity index (χ4v) is 5.71. The SMILES string of the molecule is Cn1nc(C(F)(F)F)c(/C=N\NC(=O)NC23CC4CC(CC(C4)C2)C3)c1Cl. The fraction of sp³-hybridized carbons (Fsp3) is 0.706. The van der Waals surface area contributed by atoms with Crippen molar-refractivity contribution in [3.8, 4) is 0 Å². The standard InChI is InChI=1S/C17H21ClF3N5O/c1-26-14(18)12(13(25-26)17(19,20)21)8-22-24-15(27)23-16-5-9-2-10(6-16)4-11(3-9)7-16/h8-11H,2-7H2,1H3,(H2,23,24,27)/b22-8-. The number of urea groups is 1. The Morgan fingerprint density at radius 2 is 1.81 bits per heavy atom. The van der Waals surface area contributed by atoms with Crippen LogP contribution in [0.5, 0.6) is 0 Å². The van der Waals surface area contributed by atoms with Gasteiger partial charge in [-0.1, -0.05) is 11.6 Å². The zero-order chi connectivity index (χ0) is 19.4. The van der Waals surface area contributed by atoms with Gasteiger partial charge in [0.25, 0.3) is 0 Å². The lowest BCUT2D eigenvalue weighted by atomic mass is 9.53. The number of rotatable bonds is 3. The van der Waals surface area contributed by atoms with Crippen LogP contribution < -0.4 is 10.7 Å². The molecule has 4 bridgehead atoms. The van der Waals surface area contributed by atoms with Gasteiger partial charge < -0.3 is 5.32 Å². The lowest BCUT2D eigenvalue weighted by molar-refractivity contribution is -0.141. The largest absolute Gasteiger partial charge is 0.435 e. The van der Waals surface area contributed by atoms with E-state index in [0.29, 0.717) is 17.8 Å². The Bertz CT molecular complexity index is 753. The van der Waals surface area contributed by atoms with Gasteiger partial charge in [0.05, 0.1) is 11.8 Å². The van der Waals surface area contributed by atoms with E-state index in [2.05, 4.69) is 20.9 Å². The van der Waals surface area contributed by atoms with Crippen molar-refractivity contribution in [3.05, 3.63) is 16.4 Å². The molecular formula is C17H21ClF3N5O. The smallest absolute Gasteiger partial charge is 0.331 e. The number of hydrazone groups is 1. The highest BCUT2D eigenvalue weighted by Gasteiger charge is 2.51. The second kappa shape index (κ2) is 6.39. The predicted octanol–water partition coefficient (Wildman–Crippen LogP) is 3.69. The Hall–Kier alpha value is -1.77. The highest BCUT2D eigenvalue weighted by molar-refractivity contribution is 6.32. The summed E-state index contributed by atoms with van der Waals surface area (Å²) in [5.74, 6) is 2.01. The third kappa shape index (κ3) is 3.53. The topological polar surface area (TPSA) is 71.3 Å². The number of carbonyl (C=O) groups excluding carboxylic acids is 1. The number of nitrogens with zero attached hydrogens (tertiary/aromatic N) is 3. The minimum atomic E-state index is -4.66. The average Bonchev–Trinajstić information content (AvgIpc) is 2.81. The van der Waals surface area contributed by atoms with Crippen molar-refractivity contribution in [1.82, 2.24) is 20.5 Å². The summed E-state index contributed by atoms with van der Waals surface area (Å²) in [6.45, 7) is 0. The number of aryl methyl sites for hydroxylation is 1. The van der Waals surface area contributed by atoms with E-state index in [1.165, 1.54) is 26.3 Å². The number of hydrogen-bond donors (Lipinski definition) is 2. The van der Waals surface area contributed by atoms with Crippen LogP contribution in [0.3, 0.4) is 0 Å². The second-order valence-corrected chi connectivity index (χ2v) is 8.55. The highest BCUT2D eigenvalue weighted by Crippen LogP contribution is 2.55. The van der Waals surface area contributed by atoms with Gasteiger partial charge in [0.1, 0.15) is 5.15 Å². The molecule has 6 nitrogen and oxygen atoms in total. The van der Waals surface area contributed by atoms with E-state index < -0.39 is 17.9 Å². The van der Waals surface area contributed by atoms with Crippen LogP contribution in [0.25, 0.3) is 0 Å². The monoisotopic (exact) mass is 403 g/mol. The van der Waals surface area contributed by atoms with Crippen LogP contribution in [0.2, 0.25) is 5.15 Å². The Labute approximate surface area is 159 Å². The summed E-state index contributed by atoms with van der Waals surface area (Å²) in [5.41, 5.74) is 0.570. The van der Waals surface area contributed by atoms with E-state index in [0.717, 1.165) is 30.2 Å². The van der Waals surface area contributed by atoms with Crippen LogP contribution >= 0.6 is 11.6 Å². The summed E-state index contributed by atoms with van der Waals surface area (Å²) in [6, 6.07) is -0.498. The highest BCUT2D eigenvalue weighted by atomic mass is 35.5. The van der Waals surface area contributed by atoms with Crippen LogP contribution in [0.15, 0.2) is 5.10 Å². The third-order valence-electron chi connectivity index (χ3n) is 6.06.